The minimum Gasteiger partial charge on any atom is -0.345 e. The third-order valence-corrected chi connectivity index (χ3v) is 2.91. The Hall–Kier alpha value is -2.17. The lowest BCUT2D eigenvalue weighted by Crippen LogP contribution is -2.30. The van der Waals surface area contributed by atoms with Gasteiger partial charge >= 0.3 is 0 Å². The molecule has 0 saturated heterocycles. The molecule has 1 aromatic heterocycles. The van der Waals surface area contributed by atoms with E-state index in [4.69, 9.17) is 4.52 Å². The van der Waals surface area contributed by atoms with Gasteiger partial charge in [-0.05, 0) is 12.3 Å². The molecule has 0 saturated carbocycles. The second kappa shape index (κ2) is 6.08. The molecule has 21 heavy (non-hydrogen) atoms. The van der Waals surface area contributed by atoms with Gasteiger partial charge in [0.25, 0.3) is 0 Å². The lowest BCUT2D eigenvalue weighted by molar-refractivity contribution is -0.123. The standard InChI is InChI=1S/C16H21N3O2/c1-11(17-13(20)10-16(2,3)4)15-18-14(19-21-15)12-8-6-5-7-9-12/h5-9,11H,10H2,1-4H3,(H,17,20)/t11-/m0/s1. The summed E-state index contributed by atoms with van der Waals surface area (Å²) >= 11 is 0. The molecule has 1 heterocycles. The maximum Gasteiger partial charge on any atom is 0.249 e. The Bertz CT molecular complexity index is 599. The predicted octanol–water partition coefficient (Wildman–Crippen LogP) is 3.35. The Labute approximate surface area is 124 Å². The summed E-state index contributed by atoms with van der Waals surface area (Å²) in [7, 11) is 0. The quantitative estimate of drug-likeness (QED) is 0.936. The number of hydrogen-bond donors (Lipinski definition) is 1. The maximum absolute atomic E-state index is 11.9. The molecule has 2 rings (SSSR count). The first-order valence-electron chi connectivity index (χ1n) is 7.03. The van der Waals surface area contributed by atoms with E-state index in [0.717, 1.165) is 5.56 Å². The number of nitrogens with one attached hydrogen (secondary N) is 1. The molecule has 0 aliphatic heterocycles. The fraction of sp³-hybridized carbons (Fsp3) is 0.438. The number of carbonyl (C=O) groups excluding carboxylic acids is 1. The molecular weight excluding hydrogens is 266 g/mol. The van der Waals surface area contributed by atoms with Crippen LogP contribution in [0.1, 0.15) is 46.0 Å². The number of carbonyl (C=O) groups is 1. The highest BCUT2D eigenvalue weighted by molar-refractivity contribution is 5.76. The van der Waals surface area contributed by atoms with Gasteiger partial charge in [-0.25, -0.2) is 0 Å². The summed E-state index contributed by atoms with van der Waals surface area (Å²) in [6.45, 7) is 7.91. The van der Waals surface area contributed by atoms with Gasteiger partial charge in [0, 0.05) is 12.0 Å². The zero-order chi connectivity index (χ0) is 15.5. The normalized spacial score (nSPS) is 13.0. The number of amides is 1. The summed E-state index contributed by atoms with van der Waals surface area (Å²) in [6, 6.07) is 9.29. The van der Waals surface area contributed by atoms with Gasteiger partial charge in [0.15, 0.2) is 0 Å². The van der Waals surface area contributed by atoms with Gasteiger partial charge in [0.05, 0.1) is 0 Å². The molecule has 0 bridgehead atoms. The molecule has 0 spiro atoms. The van der Waals surface area contributed by atoms with Crippen LogP contribution in [0.25, 0.3) is 11.4 Å². The highest BCUT2D eigenvalue weighted by Gasteiger charge is 2.21. The lowest BCUT2D eigenvalue weighted by Gasteiger charge is -2.18. The number of rotatable bonds is 4. The Morgan fingerprint density at radius 2 is 1.95 bits per heavy atom. The fourth-order valence-corrected chi connectivity index (χ4v) is 1.95. The average Bonchev–Trinajstić information content (AvgIpc) is 2.87. The predicted molar refractivity (Wildman–Crippen MR) is 80.4 cm³/mol. The number of benzene rings is 1. The van der Waals surface area contributed by atoms with Gasteiger partial charge in [-0.15, -0.1) is 0 Å². The fourth-order valence-electron chi connectivity index (χ4n) is 1.95. The molecule has 0 fully saturated rings. The van der Waals surface area contributed by atoms with Crippen molar-refractivity contribution < 1.29 is 9.32 Å². The molecule has 1 aromatic carbocycles. The zero-order valence-corrected chi connectivity index (χ0v) is 12.9. The second-order valence-electron chi connectivity index (χ2n) is 6.35. The molecule has 2 aromatic rings. The molecular formula is C16H21N3O2. The molecule has 5 heteroatoms. The lowest BCUT2D eigenvalue weighted by atomic mass is 9.92. The molecule has 0 unspecified atom stereocenters. The first kappa shape index (κ1) is 15.2. The summed E-state index contributed by atoms with van der Waals surface area (Å²) in [4.78, 5) is 16.3. The second-order valence-corrected chi connectivity index (χ2v) is 6.35. The molecule has 0 aliphatic carbocycles. The van der Waals surface area contributed by atoms with Crippen molar-refractivity contribution in [2.24, 2.45) is 5.41 Å². The van der Waals surface area contributed by atoms with Crippen molar-refractivity contribution in [3.05, 3.63) is 36.2 Å². The molecule has 112 valence electrons. The summed E-state index contributed by atoms with van der Waals surface area (Å²) in [6.07, 6.45) is 0.455. The van der Waals surface area contributed by atoms with E-state index in [2.05, 4.69) is 15.5 Å². The van der Waals surface area contributed by atoms with E-state index >= 15 is 0 Å². The van der Waals surface area contributed by atoms with E-state index in [1.54, 1.807) is 0 Å². The van der Waals surface area contributed by atoms with Gasteiger partial charge in [0.1, 0.15) is 6.04 Å². The third-order valence-electron chi connectivity index (χ3n) is 2.91. The van der Waals surface area contributed by atoms with Crippen molar-refractivity contribution in [1.29, 1.82) is 0 Å². The van der Waals surface area contributed by atoms with Crippen LogP contribution in [0.4, 0.5) is 0 Å². The molecule has 1 N–H and O–H groups in total. The molecule has 1 amide bonds. The van der Waals surface area contributed by atoms with E-state index in [0.29, 0.717) is 18.1 Å². The van der Waals surface area contributed by atoms with Crippen LogP contribution in [-0.4, -0.2) is 16.0 Å². The van der Waals surface area contributed by atoms with Crippen LogP contribution in [-0.2, 0) is 4.79 Å². The van der Waals surface area contributed by atoms with Crippen molar-refractivity contribution in [3.8, 4) is 11.4 Å². The van der Waals surface area contributed by atoms with Crippen molar-refractivity contribution in [2.45, 2.75) is 40.2 Å². The maximum atomic E-state index is 11.9. The van der Waals surface area contributed by atoms with Crippen LogP contribution in [0.3, 0.4) is 0 Å². The van der Waals surface area contributed by atoms with Gasteiger partial charge in [-0.3, -0.25) is 4.79 Å². The van der Waals surface area contributed by atoms with E-state index in [9.17, 15) is 4.79 Å². The Morgan fingerprint density at radius 3 is 2.57 bits per heavy atom. The first-order chi connectivity index (χ1) is 9.85. The summed E-state index contributed by atoms with van der Waals surface area (Å²) in [5, 5.41) is 6.83. The SMILES string of the molecule is C[C@H](NC(=O)CC(C)(C)C)c1nc(-c2ccccc2)no1. The largest absolute Gasteiger partial charge is 0.345 e. The van der Waals surface area contributed by atoms with Crippen molar-refractivity contribution in [1.82, 2.24) is 15.5 Å². The van der Waals surface area contributed by atoms with Crippen molar-refractivity contribution in [3.63, 3.8) is 0 Å². The topological polar surface area (TPSA) is 68.0 Å². The van der Waals surface area contributed by atoms with Crippen LogP contribution in [0.5, 0.6) is 0 Å². The average molecular weight is 287 g/mol. The highest BCUT2D eigenvalue weighted by atomic mass is 16.5. The Morgan fingerprint density at radius 1 is 1.29 bits per heavy atom. The molecule has 5 nitrogen and oxygen atoms in total. The van der Waals surface area contributed by atoms with E-state index < -0.39 is 0 Å². The summed E-state index contributed by atoms with van der Waals surface area (Å²) in [5.41, 5.74) is 0.842. The van der Waals surface area contributed by atoms with Gasteiger partial charge in [0.2, 0.25) is 17.6 Å². The monoisotopic (exact) mass is 287 g/mol. The van der Waals surface area contributed by atoms with Crippen LogP contribution in [0, 0.1) is 5.41 Å². The minimum atomic E-state index is -0.301. The highest BCUT2D eigenvalue weighted by Crippen LogP contribution is 2.21. The number of nitrogens with zero attached hydrogens (tertiary/aromatic N) is 2. The summed E-state index contributed by atoms with van der Waals surface area (Å²) in [5.74, 6) is 0.924. The third kappa shape index (κ3) is 4.41. The molecule has 1 atom stereocenters. The Balaban J connectivity index is 2.03. The smallest absolute Gasteiger partial charge is 0.249 e. The summed E-state index contributed by atoms with van der Waals surface area (Å²) < 4.78 is 5.24. The van der Waals surface area contributed by atoms with Crippen molar-refractivity contribution in [2.75, 3.05) is 0 Å². The minimum absolute atomic E-state index is 0.0190. The van der Waals surface area contributed by atoms with Crippen LogP contribution in [0.2, 0.25) is 0 Å². The zero-order valence-electron chi connectivity index (χ0n) is 12.9. The number of aromatic nitrogens is 2. The van der Waals surface area contributed by atoms with E-state index in [-0.39, 0.29) is 17.4 Å². The van der Waals surface area contributed by atoms with E-state index in [1.165, 1.54) is 0 Å². The van der Waals surface area contributed by atoms with Gasteiger partial charge in [-0.2, -0.15) is 4.98 Å². The van der Waals surface area contributed by atoms with E-state index in [1.807, 2.05) is 58.0 Å². The Kier molecular flexibility index (Phi) is 4.40. The molecule has 0 radical (unpaired) electrons. The molecule has 0 aliphatic rings. The van der Waals surface area contributed by atoms with Gasteiger partial charge < -0.3 is 9.84 Å². The van der Waals surface area contributed by atoms with Crippen LogP contribution in [0.15, 0.2) is 34.9 Å². The van der Waals surface area contributed by atoms with Crippen LogP contribution < -0.4 is 5.32 Å². The number of hydrogen-bond acceptors (Lipinski definition) is 4. The van der Waals surface area contributed by atoms with Crippen molar-refractivity contribution >= 4 is 5.91 Å². The first-order valence-corrected chi connectivity index (χ1v) is 7.03. The van der Waals surface area contributed by atoms with Gasteiger partial charge in [-0.1, -0.05) is 56.3 Å². The van der Waals surface area contributed by atoms with Crippen LogP contribution >= 0.6 is 0 Å².